The fourth-order valence-electron chi connectivity index (χ4n) is 1.45. The zero-order valence-electron chi connectivity index (χ0n) is 9.96. The molecule has 2 aromatic rings. The Kier molecular flexibility index (Phi) is 3.76. The van der Waals surface area contributed by atoms with Crippen LogP contribution in [0.2, 0.25) is 0 Å². The van der Waals surface area contributed by atoms with Crippen LogP contribution in [0.3, 0.4) is 0 Å². The van der Waals surface area contributed by atoms with E-state index in [1.54, 1.807) is 7.05 Å². The van der Waals surface area contributed by atoms with Crippen LogP contribution >= 0.6 is 15.9 Å². The summed E-state index contributed by atoms with van der Waals surface area (Å²) in [5.74, 6) is 0.0236. The van der Waals surface area contributed by atoms with Crippen molar-refractivity contribution >= 4 is 33.4 Å². The number of nitrogens with zero attached hydrogens (tertiary/aromatic N) is 2. The van der Waals surface area contributed by atoms with E-state index in [1.165, 1.54) is 0 Å². The highest BCUT2D eigenvalue weighted by Gasteiger charge is 2.08. The second-order valence-electron chi connectivity index (χ2n) is 3.68. The van der Waals surface area contributed by atoms with E-state index in [2.05, 4.69) is 36.5 Å². The first-order valence-corrected chi connectivity index (χ1v) is 6.13. The predicted molar refractivity (Wildman–Crippen MR) is 73.7 cm³/mol. The van der Waals surface area contributed by atoms with Crippen LogP contribution in [0, 0.1) is 12.7 Å². The van der Waals surface area contributed by atoms with Crippen LogP contribution in [0.5, 0.6) is 0 Å². The SMILES string of the molecule is CNc1ncc(F)c(Nc2cccc(Br)c2C)n1. The number of anilines is 3. The van der Waals surface area contributed by atoms with Gasteiger partial charge < -0.3 is 10.6 Å². The Hall–Kier alpha value is -1.69. The molecule has 0 spiro atoms. The van der Waals surface area contributed by atoms with E-state index >= 15 is 0 Å². The van der Waals surface area contributed by atoms with Crippen LogP contribution < -0.4 is 10.6 Å². The maximum absolute atomic E-state index is 13.6. The lowest BCUT2D eigenvalue weighted by atomic mass is 10.2. The minimum atomic E-state index is -0.492. The fraction of sp³-hybridized carbons (Fsp3) is 0.167. The van der Waals surface area contributed by atoms with Gasteiger partial charge in [0.15, 0.2) is 11.6 Å². The molecule has 0 unspecified atom stereocenters. The minimum absolute atomic E-state index is 0.149. The molecular weight excluding hydrogens is 299 g/mol. The van der Waals surface area contributed by atoms with Crippen LogP contribution in [0.15, 0.2) is 28.9 Å². The number of halogens is 2. The molecule has 2 rings (SSSR count). The zero-order valence-corrected chi connectivity index (χ0v) is 11.5. The van der Waals surface area contributed by atoms with Crippen LogP contribution in [0.4, 0.5) is 21.8 Å². The van der Waals surface area contributed by atoms with E-state index in [1.807, 2.05) is 25.1 Å². The van der Waals surface area contributed by atoms with Crippen molar-refractivity contribution in [1.82, 2.24) is 9.97 Å². The molecule has 1 heterocycles. The topological polar surface area (TPSA) is 49.8 Å². The second kappa shape index (κ2) is 5.30. The predicted octanol–water partition coefficient (Wildman–Crippen LogP) is 3.47. The van der Waals surface area contributed by atoms with E-state index in [0.717, 1.165) is 21.9 Å². The molecule has 94 valence electrons. The molecule has 18 heavy (non-hydrogen) atoms. The standard InChI is InChI=1S/C12H12BrFN4/c1-7-8(13)4-3-5-10(7)17-11-9(14)6-16-12(15-2)18-11/h3-6H,1-2H3,(H2,15,16,17,18). The highest BCUT2D eigenvalue weighted by Crippen LogP contribution is 2.26. The van der Waals surface area contributed by atoms with E-state index < -0.39 is 5.82 Å². The Morgan fingerprint density at radius 2 is 2.11 bits per heavy atom. The number of rotatable bonds is 3. The van der Waals surface area contributed by atoms with Crippen molar-refractivity contribution in [1.29, 1.82) is 0 Å². The molecule has 1 aromatic carbocycles. The number of benzene rings is 1. The molecule has 0 aliphatic heterocycles. The van der Waals surface area contributed by atoms with Gasteiger partial charge >= 0.3 is 0 Å². The first kappa shape index (κ1) is 12.8. The fourth-order valence-corrected chi connectivity index (χ4v) is 1.81. The number of hydrogen-bond acceptors (Lipinski definition) is 4. The van der Waals surface area contributed by atoms with Crippen LogP contribution in [-0.4, -0.2) is 17.0 Å². The largest absolute Gasteiger partial charge is 0.357 e. The average Bonchev–Trinajstić information content (AvgIpc) is 2.37. The van der Waals surface area contributed by atoms with E-state index in [-0.39, 0.29) is 5.82 Å². The van der Waals surface area contributed by atoms with Crippen molar-refractivity contribution in [3.63, 3.8) is 0 Å². The molecule has 0 bridgehead atoms. The van der Waals surface area contributed by atoms with E-state index in [9.17, 15) is 4.39 Å². The van der Waals surface area contributed by atoms with Gasteiger partial charge in [-0.05, 0) is 24.6 Å². The maximum Gasteiger partial charge on any atom is 0.224 e. The van der Waals surface area contributed by atoms with Crippen molar-refractivity contribution in [3.8, 4) is 0 Å². The Bertz CT molecular complexity index is 574. The van der Waals surface area contributed by atoms with Gasteiger partial charge in [0.05, 0.1) is 6.20 Å². The van der Waals surface area contributed by atoms with Crippen molar-refractivity contribution < 1.29 is 4.39 Å². The third-order valence-corrected chi connectivity index (χ3v) is 3.35. The molecular formula is C12H12BrFN4. The lowest BCUT2D eigenvalue weighted by Gasteiger charge is -2.11. The Labute approximate surface area is 113 Å². The summed E-state index contributed by atoms with van der Waals surface area (Å²) in [6.45, 7) is 1.94. The molecule has 0 radical (unpaired) electrons. The zero-order chi connectivity index (χ0) is 13.1. The highest BCUT2D eigenvalue weighted by molar-refractivity contribution is 9.10. The van der Waals surface area contributed by atoms with Crippen molar-refractivity contribution in [2.45, 2.75) is 6.92 Å². The van der Waals surface area contributed by atoms with Gasteiger partial charge in [-0.15, -0.1) is 0 Å². The van der Waals surface area contributed by atoms with Gasteiger partial charge in [-0.2, -0.15) is 4.98 Å². The van der Waals surface area contributed by atoms with Gasteiger partial charge in [-0.1, -0.05) is 22.0 Å². The lowest BCUT2D eigenvalue weighted by molar-refractivity contribution is 0.619. The third kappa shape index (κ3) is 2.59. The van der Waals surface area contributed by atoms with Gasteiger partial charge in [-0.25, -0.2) is 9.37 Å². The Morgan fingerprint density at radius 1 is 1.33 bits per heavy atom. The summed E-state index contributed by atoms with van der Waals surface area (Å²) in [6, 6.07) is 5.66. The van der Waals surface area contributed by atoms with Gasteiger partial charge in [0, 0.05) is 17.2 Å². The van der Waals surface area contributed by atoms with Crippen LogP contribution in [0.1, 0.15) is 5.56 Å². The summed E-state index contributed by atoms with van der Waals surface area (Å²) in [4.78, 5) is 7.83. The summed E-state index contributed by atoms with van der Waals surface area (Å²) in [5.41, 5.74) is 1.78. The normalized spacial score (nSPS) is 10.2. The Balaban J connectivity index is 2.36. The van der Waals surface area contributed by atoms with Crippen molar-refractivity contribution in [2.75, 3.05) is 17.7 Å². The molecule has 0 aliphatic carbocycles. The summed E-state index contributed by atoms with van der Waals surface area (Å²) >= 11 is 3.43. The number of nitrogens with one attached hydrogen (secondary N) is 2. The van der Waals surface area contributed by atoms with Crippen LogP contribution in [-0.2, 0) is 0 Å². The molecule has 0 saturated carbocycles. The molecule has 2 N–H and O–H groups in total. The van der Waals surface area contributed by atoms with E-state index in [0.29, 0.717) is 5.95 Å². The van der Waals surface area contributed by atoms with Gasteiger partial charge in [-0.3, -0.25) is 0 Å². The van der Waals surface area contributed by atoms with E-state index in [4.69, 9.17) is 0 Å². The molecule has 0 aliphatic rings. The summed E-state index contributed by atoms with van der Waals surface area (Å²) in [6.07, 6.45) is 1.13. The van der Waals surface area contributed by atoms with Gasteiger partial charge in [0.25, 0.3) is 0 Å². The van der Waals surface area contributed by atoms with Gasteiger partial charge in [0.2, 0.25) is 5.95 Å². The second-order valence-corrected chi connectivity index (χ2v) is 4.53. The molecule has 0 saturated heterocycles. The third-order valence-electron chi connectivity index (χ3n) is 2.49. The van der Waals surface area contributed by atoms with Crippen LogP contribution in [0.25, 0.3) is 0 Å². The molecule has 0 amide bonds. The maximum atomic E-state index is 13.6. The number of hydrogen-bond donors (Lipinski definition) is 2. The quantitative estimate of drug-likeness (QED) is 0.911. The monoisotopic (exact) mass is 310 g/mol. The highest BCUT2D eigenvalue weighted by atomic mass is 79.9. The molecule has 0 atom stereocenters. The molecule has 4 nitrogen and oxygen atoms in total. The average molecular weight is 311 g/mol. The molecule has 0 fully saturated rings. The summed E-state index contributed by atoms with van der Waals surface area (Å²) < 4.78 is 14.6. The Morgan fingerprint density at radius 3 is 2.83 bits per heavy atom. The molecule has 1 aromatic heterocycles. The van der Waals surface area contributed by atoms with Crippen molar-refractivity contribution in [2.24, 2.45) is 0 Å². The molecule has 6 heteroatoms. The lowest BCUT2D eigenvalue weighted by Crippen LogP contribution is -2.03. The number of aromatic nitrogens is 2. The van der Waals surface area contributed by atoms with Crippen molar-refractivity contribution in [3.05, 3.63) is 40.2 Å². The minimum Gasteiger partial charge on any atom is -0.357 e. The first-order chi connectivity index (χ1) is 8.61. The smallest absolute Gasteiger partial charge is 0.224 e. The summed E-state index contributed by atoms with van der Waals surface area (Å²) in [5, 5.41) is 5.73. The summed E-state index contributed by atoms with van der Waals surface area (Å²) in [7, 11) is 1.68. The first-order valence-electron chi connectivity index (χ1n) is 5.34. The van der Waals surface area contributed by atoms with Gasteiger partial charge in [0.1, 0.15) is 0 Å².